The van der Waals surface area contributed by atoms with E-state index in [0.29, 0.717) is 19.6 Å². The minimum atomic E-state index is -0.707. The van der Waals surface area contributed by atoms with E-state index in [-0.39, 0.29) is 0 Å². The Bertz CT molecular complexity index is 202. The van der Waals surface area contributed by atoms with E-state index in [1.165, 1.54) is 0 Å². The molecule has 1 heterocycles. The Morgan fingerprint density at radius 2 is 2.43 bits per heavy atom. The van der Waals surface area contributed by atoms with Crippen molar-refractivity contribution in [2.45, 2.75) is 31.8 Å². The molecule has 1 unspecified atom stereocenters. The van der Waals surface area contributed by atoms with Gasteiger partial charge in [-0.15, -0.1) is 0 Å². The molecular formula is C10H20N2O2. The van der Waals surface area contributed by atoms with Crippen LogP contribution in [0, 0.1) is 0 Å². The molecule has 0 aromatic carbocycles. The molecule has 0 bridgehead atoms. The summed E-state index contributed by atoms with van der Waals surface area (Å²) in [7, 11) is 1.64. The molecule has 4 nitrogen and oxygen atoms in total. The lowest BCUT2D eigenvalue weighted by Crippen LogP contribution is -2.40. The molecule has 14 heavy (non-hydrogen) atoms. The van der Waals surface area contributed by atoms with Crippen molar-refractivity contribution >= 4 is 5.84 Å². The quantitative estimate of drug-likeness (QED) is 0.681. The number of aliphatic hydroxyl groups is 1. The predicted octanol–water partition coefficient (Wildman–Crippen LogP) is 0.556. The second-order valence-electron chi connectivity index (χ2n) is 4.03. The van der Waals surface area contributed by atoms with Crippen LogP contribution in [0.4, 0.5) is 0 Å². The van der Waals surface area contributed by atoms with Crippen molar-refractivity contribution in [1.29, 1.82) is 0 Å². The van der Waals surface area contributed by atoms with Crippen LogP contribution < -0.4 is 5.32 Å². The zero-order valence-electron chi connectivity index (χ0n) is 9.05. The zero-order chi connectivity index (χ0) is 10.4. The second kappa shape index (κ2) is 5.32. The van der Waals surface area contributed by atoms with Crippen LogP contribution in [0.5, 0.6) is 0 Å². The number of rotatable bonds is 5. The lowest BCUT2D eigenvalue weighted by molar-refractivity contribution is 0.0285. The molecule has 0 spiro atoms. The summed E-state index contributed by atoms with van der Waals surface area (Å²) in [5.41, 5.74) is -0.707. The minimum Gasteiger partial charge on any atom is -0.388 e. The Kier molecular flexibility index (Phi) is 4.35. The highest BCUT2D eigenvalue weighted by Crippen LogP contribution is 2.09. The molecule has 0 saturated heterocycles. The highest BCUT2D eigenvalue weighted by molar-refractivity contribution is 5.83. The van der Waals surface area contributed by atoms with Crippen molar-refractivity contribution in [2.75, 3.05) is 26.8 Å². The number of nitrogens with one attached hydrogen (secondary N) is 1. The fourth-order valence-electron chi connectivity index (χ4n) is 1.39. The van der Waals surface area contributed by atoms with Crippen LogP contribution in [-0.2, 0) is 4.74 Å². The Labute approximate surface area is 85.4 Å². The van der Waals surface area contributed by atoms with Crippen molar-refractivity contribution in [3.05, 3.63) is 0 Å². The lowest BCUT2D eigenvalue weighted by Gasteiger charge is -2.23. The fourth-order valence-corrected chi connectivity index (χ4v) is 1.39. The number of methoxy groups -OCH3 is 1. The number of nitrogens with zero attached hydrogens (tertiary/aromatic N) is 1. The van der Waals surface area contributed by atoms with Crippen LogP contribution in [0.15, 0.2) is 4.99 Å². The highest BCUT2D eigenvalue weighted by Gasteiger charge is 2.20. The zero-order valence-corrected chi connectivity index (χ0v) is 9.05. The first-order valence-electron chi connectivity index (χ1n) is 5.12. The molecule has 0 amide bonds. The second-order valence-corrected chi connectivity index (χ2v) is 4.03. The third kappa shape index (κ3) is 4.07. The van der Waals surface area contributed by atoms with Gasteiger partial charge in [-0.25, -0.2) is 0 Å². The first-order chi connectivity index (χ1) is 6.64. The van der Waals surface area contributed by atoms with Crippen molar-refractivity contribution < 1.29 is 9.84 Å². The van der Waals surface area contributed by atoms with Crippen molar-refractivity contribution in [2.24, 2.45) is 4.99 Å². The molecule has 82 valence electrons. The van der Waals surface area contributed by atoms with Gasteiger partial charge >= 0.3 is 0 Å². The first-order valence-corrected chi connectivity index (χ1v) is 5.12. The molecule has 1 atom stereocenters. The summed E-state index contributed by atoms with van der Waals surface area (Å²) in [6.07, 6.45) is 2.78. The fraction of sp³-hybridized carbons (Fsp3) is 0.900. The van der Waals surface area contributed by atoms with Gasteiger partial charge in [0.05, 0.1) is 11.4 Å². The van der Waals surface area contributed by atoms with E-state index >= 15 is 0 Å². The molecular weight excluding hydrogens is 180 g/mol. The maximum absolute atomic E-state index is 9.91. The molecule has 0 aromatic rings. The minimum absolute atomic E-state index is 0.551. The van der Waals surface area contributed by atoms with Gasteiger partial charge in [0.1, 0.15) is 0 Å². The summed E-state index contributed by atoms with van der Waals surface area (Å²) < 4.78 is 4.93. The van der Waals surface area contributed by atoms with Gasteiger partial charge in [-0.3, -0.25) is 4.99 Å². The smallest absolute Gasteiger partial charge is 0.0964 e. The van der Waals surface area contributed by atoms with E-state index in [9.17, 15) is 5.11 Å². The van der Waals surface area contributed by atoms with Crippen molar-refractivity contribution in [3.8, 4) is 0 Å². The summed E-state index contributed by atoms with van der Waals surface area (Å²) in [4.78, 5) is 4.28. The van der Waals surface area contributed by atoms with Crippen LogP contribution >= 0.6 is 0 Å². The van der Waals surface area contributed by atoms with Gasteiger partial charge in [0.2, 0.25) is 0 Å². The Morgan fingerprint density at radius 3 is 3.00 bits per heavy atom. The third-order valence-corrected chi connectivity index (χ3v) is 2.39. The Balaban J connectivity index is 2.20. The maximum Gasteiger partial charge on any atom is 0.0964 e. The number of hydrogen-bond donors (Lipinski definition) is 2. The van der Waals surface area contributed by atoms with Crippen molar-refractivity contribution in [3.63, 3.8) is 0 Å². The van der Waals surface area contributed by atoms with E-state index in [2.05, 4.69) is 10.3 Å². The molecule has 4 heteroatoms. The van der Waals surface area contributed by atoms with Gasteiger partial charge in [0, 0.05) is 39.6 Å². The topological polar surface area (TPSA) is 53.9 Å². The normalized spacial score (nSPS) is 20.4. The average Bonchev–Trinajstić information content (AvgIpc) is 2.64. The molecule has 0 radical (unpaired) electrons. The molecule has 0 saturated carbocycles. The summed E-state index contributed by atoms with van der Waals surface area (Å²) in [6, 6.07) is 0. The molecule has 0 aromatic heterocycles. The number of amidine groups is 1. The summed E-state index contributed by atoms with van der Waals surface area (Å²) in [5, 5.41) is 13.1. The van der Waals surface area contributed by atoms with Gasteiger partial charge in [0.25, 0.3) is 0 Å². The standard InChI is InChI=1S/C10H20N2O2/c1-10(13,5-7-14-2)8-12-9-4-3-6-11-9/h13H,3-8H2,1-2H3,(H,11,12). The number of aliphatic imine (C=N–C) groups is 1. The first kappa shape index (κ1) is 11.5. The van der Waals surface area contributed by atoms with Crippen LogP contribution in [0.25, 0.3) is 0 Å². The van der Waals surface area contributed by atoms with E-state index < -0.39 is 5.60 Å². The largest absolute Gasteiger partial charge is 0.388 e. The Morgan fingerprint density at radius 1 is 1.64 bits per heavy atom. The van der Waals surface area contributed by atoms with Crippen LogP contribution in [0.2, 0.25) is 0 Å². The van der Waals surface area contributed by atoms with E-state index in [4.69, 9.17) is 4.74 Å². The third-order valence-electron chi connectivity index (χ3n) is 2.39. The molecule has 2 N–H and O–H groups in total. The van der Waals surface area contributed by atoms with Gasteiger partial charge in [-0.05, 0) is 13.3 Å². The average molecular weight is 200 g/mol. The monoisotopic (exact) mass is 200 g/mol. The predicted molar refractivity (Wildman–Crippen MR) is 56.7 cm³/mol. The highest BCUT2D eigenvalue weighted by atomic mass is 16.5. The molecule has 1 aliphatic heterocycles. The van der Waals surface area contributed by atoms with Gasteiger partial charge in [-0.1, -0.05) is 0 Å². The Hall–Kier alpha value is -0.610. The number of hydrogen-bond acceptors (Lipinski definition) is 4. The maximum atomic E-state index is 9.91. The number of ether oxygens (including phenoxy) is 1. The van der Waals surface area contributed by atoms with Gasteiger partial charge in [0.15, 0.2) is 0 Å². The molecule has 1 rings (SSSR count). The molecule has 1 aliphatic rings. The van der Waals surface area contributed by atoms with E-state index in [1.807, 2.05) is 6.92 Å². The SMILES string of the molecule is COCCC(C)(O)CNC1=NCCC1. The van der Waals surface area contributed by atoms with Crippen LogP contribution in [0.1, 0.15) is 26.2 Å². The molecule has 0 fully saturated rings. The van der Waals surface area contributed by atoms with Crippen LogP contribution in [0.3, 0.4) is 0 Å². The van der Waals surface area contributed by atoms with E-state index in [1.54, 1.807) is 7.11 Å². The summed E-state index contributed by atoms with van der Waals surface area (Å²) in [5.74, 6) is 1.03. The summed E-state index contributed by atoms with van der Waals surface area (Å²) in [6.45, 7) is 3.87. The summed E-state index contributed by atoms with van der Waals surface area (Å²) >= 11 is 0. The van der Waals surface area contributed by atoms with Gasteiger partial charge < -0.3 is 15.2 Å². The van der Waals surface area contributed by atoms with Gasteiger partial charge in [-0.2, -0.15) is 0 Å². The van der Waals surface area contributed by atoms with Crippen LogP contribution in [-0.4, -0.2) is 43.3 Å². The lowest BCUT2D eigenvalue weighted by atomic mass is 10.0. The van der Waals surface area contributed by atoms with Crippen molar-refractivity contribution in [1.82, 2.24) is 5.32 Å². The molecule has 0 aliphatic carbocycles. The van der Waals surface area contributed by atoms with E-state index in [0.717, 1.165) is 25.2 Å².